The third-order valence-electron chi connectivity index (χ3n) is 1.64. The molecule has 0 aromatic heterocycles. The first-order valence-electron chi connectivity index (χ1n) is 4.00. The monoisotopic (exact) mass is 221 g/mol. The summed E-state index contributed by atoms with van der Waals surface area (Å²) in [6.45, 7) is 1.78. The molecule has 0 saturated carbocycles. The number of rotatable bonds is 2. The maximum atomic E-state index is 11.9. The molecular weight excluding hydrogens is 211 g/mol. The molecule has 0 aliphatic carbocycles. The van der Waals surface area contributed by atoms with E-state index < -0.39 is 5.51 Å². The molecule has 5 heteroatoms. The Morgan fingerprint density at radius 1 is 1.21 bits per heavy atom. The molecule has 0 spiro atoms. The Bertz CT molecular complexity index is 292. The second kappa shape index (κ2) is 4.23. The first-order chi connectivity index (χ1) is 6.38. The maximum Gasteiger partial charge on any atom is 0.446 e. The zero-order chi connectivity index (χ0) is 10.8. The van der Waals surface area contributed by atoms with Crippen LogP contribution in [-0.2, 0) is 0 Å². The molecule has 14 heavy (non-hydrogen) atoms. The zero-order valence-corrected chi connectivity index (χ0v) is 8.32. The summed E-state index contributed by atoms with van der Waals surface area (Å²) in [4.78, 5) is 0.182. The van der Waals surface area contributed by atoms with Crippen molar-refractivity contribution in [2.75, 3.05) is 0 Å². The summed E-state index contributed by atoms with van der Waals surface area (Å²) in [5.41, 5.74) is 2.17. The maximum absolute atomic E-state index is 11.9. The van der Waals surface area contributed by atoms with Crippen molar-refractivity contribution in [1.29, 1.82) is 0 Å². The highest BCUT2D eigenvalue weighted by Gasteiger charge is 2.28. The lowest BCUT2D eigenvalue weighted by atomic mass is 10.1. The average Bonchev–Trinajstić information content (AvgIpc) is 2.02. The Morgan fingerprint density at radius 2 is 1.71 bits per heavy atom. The second-order valence-corrected chi connectivity index (χ2v) is 4.04. The quantitative estimate of drug-likeness (QED) is 0.775. The lowest BCUT2D eigenvalue weighted by molar-refractivity contribution is -0.0328. The van der Waals surface area contributed by atoms with Gasteiger partial charge in [0.05, 0.1) is 0 Å². The van der Waals surface area contributed by atoms with Crippen LogP contribution in [0.1, 0.15) is 18.5 Å². The van der Waals surface area contributed by atoms with Gasteiger partial charge >= 0.3 is 5.51 Å². The first-order valence-corrected chi connectivity index (χ1v) is 4.81. The predicted molar refractivity (Wildman–Crippen MR) is 51.0 cm³/mol. The van der Waals surface area contributed by atoms with Gasteiger partial charge in [-0.1, -0.05) is 12.1 Å². The first kappa shape index (κ1) is 11.4. The number of thioether (sulfide) groups is 1. The summed E-state index contributed by atoms with van der Waals surface area (Å²) in [6.07, 6.45) is 0. The van der Waals surface area contributed by atoms with E-state index in [4.69, 9.17) is 5.73 Å². The normalized spacial score (nSPS) is 14.1. The minimum atomic E-state index is -4.23. The highest BCUT2D eigenvalue weighted by Crippen LogP contribution is 2.36. The van der Waals surface area contributed by atoms with Crippen LogP contribution in [0.3, 0.4) is 0 Å². The lowest BCUT2D eigenvalue weighted by Gasteiger charge is -2.08. The fraction of sp³-hybridized carbons (Fsp3) is 0.333. The molecule has 0 heterocycles. The number of hydrogen-bond donors (Lipinski definition) is 1. The van der Waals surface area contributed by atoms with E-state index in [0.29, 0.717) is 0 Å². The van der Waals surface area contributed by atoms with Crippen molar-refractivity contribution in [2.24, 2.45) is 5.73 Å². The Morgan fingerprint density at radius 3 is 2.07 bits per heavy atom. The Kier molecular flexibility index (Phi) is 3.44. The van der Waals surface area contributed by atoms with Crippen molar-refractivity contribution in [2.45, 2.75) is 23.4 Å². The molecule has 78 valence electrons. The fourth-order valence-electron chi connectivity index (χ4n) is 0.973. The standard InChI is InChI=1S/C9H10F3NS/c1-6(13)7-2-4-8(5-3-7)14-9(10,11)12/h2-6H,13H2,1H3/t6-/m0/s1. The van der Waals surface area contributed by atoms with Crippen LogP contribution in [0.2, 0.25) is 0 Å². The summed E-state index contributed by atoms with van der Waals surface area (Å²) >= 11 is -0.120. The Balaban J connectivity index is 2.74. The third-order valence-corrected chi connectivity index (χ3v) is 2.38. The summed E-state index contributed by atoms with van der Waals surface area (Å²) in [7, 11) is 0. The molecule has 1 aromatic carbocycles. The van der Waals surface area contributed by atoms with Crippen molar-refractivity contribution in [3.05, 3.63) is 29.8 Å². The topological polar surface area (TPSA) is 26.0 Å². The lowest BCUT2D eigenvalue weighted by Crippen LogP contribution is -2.04. The molecule has 1 nitrogen and oxygen atoms in total. The fourth-order valence-corrected chi connectivity index (χ4v) is 1.51. The highest BCUT2D eigenvalue weighted by atomic mass is 32.2. The van der Waals surface area contributed by atoms with Crippen LogP contribution < -0.4 is 5.73 Å². The molecule has 0 aliphatic heterocycles. The van der Waals surface area contributed by atoms with Gasteiger partial charge in [-0.2, -0.15) is 13.2 Å². The molecule has 0 aliphatic rings. The van der Waals surface area contributed by atoms with Crippen molar-refractivity contribution in [3.63, 3.8) is 0 Å². The Labute approximate surface area is 84.5 Å². The number of halogens is 3. The molecule has 0 fully saturated rings. The summed E-state index contributed by atoms with van der Waals surface area (Å²) in [5.74, 6) is 0. The van der Waals surface area contributed by atoms with Gasteiger partial charge in [-0.05, 0) is 36.4 Å². The molecule has 1 aromatic rings. The average molecular weight is 221 g/mol. The van der Waals surface area contributed by atoms with E-state index in [1.54, 1.807) is 19.1 Å². The molecule has 0 amide bonds. The highest BCUT2D eigenvalue weighted by molar-refractivity contribution is 8.00. The number of nitrogens with two attached hydrogens (primary N) is 1. The van der Waals surface area contributed by atoms with Gasteiger partial charge in [0.1, 0.15) is 0 Å². The predicted octanol–water partition coefficient (Wildman–Crippen LogP) is 3.32. The molecule has 1 rings (SSSR count). The number of hydrogen-bond acceptors (Lipinski definition) is 2. The smallest absolute Gasteiger partial charge is 0.324 e. The summed E-state index contributed by atoms with van der Waals surface area (Å²) in [5, 5.41) is 0. The largest absolute Gasteiger partial charge is 0.446 e. The molecule has 2 N–H and O–H groups in total. The number of alkyl halides is 3. The molecular formula is C9H10F3NS. The molecule has 0 saturated heterocycles. The van der Waals surface area contributed by atoms with E-state index in [9.17, 15) is 13.2 Å². The van der Waals surface area contributed by atoms with Crippen molar-refractivity contribution in [3.8, 4) is 0 Å². The summed E-state index contributed by atoms with van der Waals surface area (Å²) < 4.78 is 35.8. The van der Waals surface area contributed by atoms with Crippen LogP contribution in [0.15, 0.2) is 29.2 Å². The van der Waals surface area contributed by atoms with Gasteiger partial charge in [0.25, 0.3) is 0 Å². The SMILES string of the molecule is C[C@H](N)c1ccc(SC(F)(F)F)cc1. The van der Waals surface area contributed by atoms with E-state index in [1.165, 1.54) is 12.1 Å². The van der Waals surface area contributed by atoms with Gasteiger partial charge in [0.2, 0.25) is 0 Å². The van der Waals surface area contributed by atoms with Crippen molar-refractivity contribution < 1.29 is 13.2 Å². The zero-order valence-electron chi connectivity index (χ0n) is 7.51. The van der Waals surface area contributed by atoms with Crippen LogP contribution in [0.25, 0.3) is 0 Å². The van der Waals surface area contributed by atoms with Crippen LogP contribution >= 0.6 is 11.8 Å². The van der Waals surface area contributed by atoms with Gasteiger partial charge < -0.3 is 5.73 Å². The van der Waals surface area contributed by atoms with E-state index in [0.717, 1.165) is 5.56 Å². The van der Waals surface area contributed by atoms with Crippen molar-refractivity contribution >= 4 is 11.8 Å². The van der Waals surface area contributed by atoms with E-state index in [1.807, 2.05) is 0 Å². The molecule has 0 bridgehead atoms. The van der Waals surface area contributed by atoms with Crippen LogP contribution in [0.5, 0.6) is 0 Å². The third kappa shape index (κ3) is 3.59. The minimum Gasteiger partial charge on any atom is -0.324 e. The van der Waals surface area contributed by atoms with Crippen LogP contribution in [0, 0.1) is 0 Å². The van der Waals surface area contributed by atoms with Gasteiger partial charge in [-0.25, -0.2) is 0 Å². The minimum absolute atomic E-state index is 0.120. The summed E-state index contributed by atoms with van der Waals surface area (Å²) in [6, 6.07) is 5.92. The van der Waals surface area contributed by atoms with Crippen LogP contribution in [-0.4, -0.2) is 5.51 Å². The molecule has 0 unspecified atom stereocenters. The van der Waals surface area contributed by atoms with Gasteiger partial charge in [-0.3, -0.25) is 0 Å². The van der Waals surface area contributed by atoms with Gasteiger partial charge in [0.15, 0.2) is 0 Å². The molecule has 1 atom stereocenters. The number of benzene rings is 1. The van der Waals surface area contributed by atoms with Crippen LogP contribution in [0.4, 0.5) is 13.2 Å². The second-order valence-electron chi connectivity index (χ2n) is 2.91. The molecule has 0 radical (unpaired) electrons. The van der Waals surface area contributed by atoms with E-state index in [2.05, 4.69) is 0 Å². The van der Waals surface area contributed by atoms with E-state index >= 15 is 0 Å². The Hall–Kier alpha value is -0.680. The van der Waals surface area contributed by atoms with Gasteiger partial charge in [-0.15, -0.1) is 0 Å². The van der Waals surface area contributed by atoms with E-state index in [-0.39, 0.29) is 22.7 Å². The van der Waals surface area contributed by atoms with Crippen molar-refractivity contribution in [1.82, 2.24) is 0 Å². The van der Waals surface area contributed by atoms with Gasteiger partial charge in [0, 0.05) is 10.9 Å².